The first-order chi connectivity index (χ1) is 10.6. The predicted molar refractivity (Wildman–Crippen MR) is 91.6 cm³/mol. The molecule has 2 amide bonds. The maximum absolute atomic E-state index is 11.7. The van der Waals surface area contributed by atoms with Crippen molar-refractivity contribution in [1.82, 2.24) is 10.6 Å². The van der Waals surface area contributed by atoms with E-state index in [1.807, 2.05) is 37.3 Å². The fourth-order valence-corrected chi connectivity index (χ4v) is 2.02. The van der Waals surface area contributed by atoms with Gasteiger partial charge in [0.25, 0.3) is 0 Å². The fourth-order valence-electron chi connectivity index (χ4n) is 2.02. The van der Waals surface area contributed by atoms with Crippen molar-refractivity contribution < 1.29 is 4.79 Å². The summed E-state index contributed by atoms with van der Waals surface area (Å²) in [6, 6.07) is 16.3. The number of carbonyl (C=O) groups is 1. The summed E-state index contributed by atoms with van der Waals surface area (Å²) in [4.78, 5) is 11.7. The Morgan fingerprint density at radius 1 is 0.955 bits per heavy atom. The standard InChI is InChI=1S/C19H22N2O/c1-15-3-7-17(8-4-15)11-13-20-19(22)21-14-12-18-9-5-16(2)6-10-18/h3-11,13H,12,14H2,1-2H3,(H2,20,21,22)/b13-11+. The van der Waals surface area contributed by atoms with Gasteiger partial charge in [0, 0.05) is 12.7 Å². The molecular weight excluding hydrogens is 272 g/mol. The van der Waals surface area contributed by atoms with Crippen LogP contribution in [-0.4, -0.2) is 12.6 Å². The topological polar surface area (TPSA) is 41.1 Å². The second kappa shape index (κ2) is 8.03. The second-order valence-electron chi connectivity index (χ2n) is 5.38. The molecule has 22 heavy (non-hydrogen) atoms. The summed E-state index contributed by atoms with van der Waals surface area (Å²) in [5, 5.41) is 5.55. The minimum absolute atomic E-state index is 0.185. The molecule has 0 aliphatic heterocycles. The van der Waals surface area contributed by atoms with Crippen molar-refractivity contribution in [3.63, 3.8) is 0 Å². The number of benzene rings is 2. The third kappa shape index (κ3) is 5.44. The molecule has 2 rings (SSSR count). The van der Waals surface area contributed by atoms with Crippen LogP contribution in [0, 0.1) is 13.8 Å². The maximum atomic E-state index is 11.7. The highest BCUT2D eigenvalue weighted by molar-refractivity contribution is 5.75. The van der Waals surface area contributed by atoms with Gasteiger partial charge in [-0.25, -0.2) is 4.79 Å². The SMILES string of the molecule is Cc1ccc(/C=C/NC(=O)NCCc2ccc(C)cc2)cc1. The number of aryl methyl sites for hydroxylation is 2. The summed E-state index contributed by atoms with van der Waals surface area (Å²) in [7, 11) is 0. The molecule has 3 nitrogen and oxygen atoms in total. The molecule has 3 heteroatoms. The van der Waals surface area contributed by atoms with Gasteiger partial charge in [-0.05, 0) is 37.5 Å². The lowest BCUT2D eigenvalue weighted by Crippen LogP contribution is -2.33. The van der Waals surface area contributed by atoms with Gasteiger partial charge in [-0.15, -0.1) is 0 Å². The van der Waals surface area contributed by atoms with Gasteiger partial charge in [0.2, 0.25) is 0 Å². The van der Waals surface area contributed by atoms with E-state index in [-0.39, 0.29) is 6.03 Å². The number of hydrogen-bond donors (Lipinski definition) is 2. The molecule has 0 aliphatic rings. The van der Waals surface area contributed by atoms with E-state index in [0.717, 1.165) is 12.0 Å². The zero-order valence-electron chi connectivity index (χ0n) is 13.1. The van der Waals surface area contributed by atoms with Crippen molar-refractivity contribution >= 4 is 12.1 Å². The van der Waals surface area contributed by atoms with Crippen LogP contribution in [0.5, 0.6) is 0 Å². The molecule has 0 radical (unpaired) electrons. The number of rotatable bonds is 5. The molecule has 0 heterocycles. The lowest BCUT2D eigenvalue weighted by molar-refractivity contribution is 0.244. The molecule has 0 unspecified atom stereocenters. The number of amides is 2. The zero-order chi connectivity index (χ0) is 15.8. The van der Waals surface area contributed by atoms with Gasteiger partial charge in [-0.2, -0.15) is 0 Å². The normalized spacial score (nSPS) is 10.6. The largest absolute Gasteiger partial charge is 0.338 e. The lowest BCUT2D eigenvalue weighted by Gasteiger charge is -2.05. The van der Waals surface area contributed by atoms with Crippen LogP contribution in [-0.2, 0) is 6.42 Å². The van der Waals surface area contributed by atoms with Gasteiger partial charge >= 0.3 is 6.03 Å². The van der Waals surface area contributed by atoms with Crippen LogP contribution in [0.4, 0.5) is 4.79 Å². The highest BCUT2D eigenvalue weighted by Crippen LogP contribution is 2.04. The monoisotopic (exact) mass is 294 g/mol. The predicted octanol–water partition coefficient (Wildman–Crippen LogP) is 3.82. The van der Waals surface area contributed by atoms with Crippen LogP contribution in [0.25, 0.3) is 6.08 Å². The molecule has 0 atom stereocenters. The van der Waals surface area contributed by atoms with Crippen LogP contribution in [0.2, 0.25) is 0 Å². The van der Waals surface area contributed by atoms with E-state index in [0.29, 0.717) is 6.54 Å². The molecule has 2 N–H and O–H groups in total. The van der Waals surface area contributed by atoms with Crippen LogP contribution in [0.15, 0.2) is 54.7 Å². The van der Waals surface area contributed by atoms with E-state index in [1.54, 1.807) is 6.20 Å². The Kier molecular flexibility index (Phi) is 5.78. The van der Waals surface area contributed by atoms with E-state index < -0.39 is 0 Å². The minimum atomic E-state index is -0.185. The third-order valence-corrected chi connectivity index (χ3v) is 3.39. The molecule has 0 aromatic heterocycles. The first-order valence-corrected chi connectivity index (χ1v) is 7.46. The van der Waals surface area contributed by atoms with E-state index in [2.05, 4.69) is 41.8 Å². The first kappa shape index (κ1) is 15.8. The maximum Gasteiger partial charge on any atom is 0.318 e. The van der Waals surface area contributed by atoms with Crippen molar-refractivity contribution in [2.75, 3.05) is 6.54 Å². The number of carbonyl (C=O) groups excluding carboxylic acids is 1. The van der Waals surface area contributed by atoms with Crippen molar-refractivity contribution in [3.8, 4) is 0 Å². The molecule has 0 saturated heterocycles. The fraction of sp³-hybridized carbons (Fsp3) is 0.211. The van der Waals surface area contributed by atoms with E-state index in [1.165, 1.54) is 16.7 Å². The quantitative estimate of drug-likeness (QED) is 0.865. The van der Waals surface area contributed by atoms with Gasteiger partial charge in [-0.3, -0.25) is 0 Å². The Hall–Kier alpha value is -2.55. The van der Waals surface area contributed by atoms with Gasteiger partial charge in [-0.1, -0.05) is 59.7 Å². The summed E-state index contributed by atoms with van der Waals surface area (Å²) in [5.74, 6) is 0. The number of urea groups is 1. The van der Waals surface area contributed by atoms with Gasteiger partial charge in [0.05, 0.1) is 0 Å². The van der Waals surface area contributed by atoms with Crippen molar-refractivity contribution in [3.05, 3.63) is 77.0 Å². The summed E-state index contributed by atoms with van der Waals surface area (Å²) in [6.45, 7) is 4.73. The van der Waals surface area contributed by atoms with E-state index in [9.17, 15) is 4.79 Å². The summed E-state index contributed by atoms with van der Waals surface area (Å²) < 4.78 is 0. The Morgan fingerprint density at radius 3 is 2.18 bits per heavy atom. The van der Waals surface area contributed by atoms with Crippen LogP contribution >= 0.6 is 0 Å². The van der Waals surface area contributed by atoms with Crippen molar-refractivity contribution in [2.45, 2.75) is 20.3 Å². The Morgan fingerprint density at radius 2 is 1.55 bits per heavy atom. The highest BCUT2D eigenvalue weighted by atomic mass is 16.2. The van der Waals surface area contributed by atoms with Gasteiger partial charge in [0.1, 0.15) is 0 Å². The summed E-state index contributed by atoms with van der Waals surface area (Å²) in [5.41, 5.74) is 4.75. The van der Waals surface area contributed by atoms with Crippen LogP contribution in [0.3, 0.4) is 0 Å². The van der Waals surface area contributed by atoms with Gasteiger partial charge < -0.3 is 10.6 Å². The second-order valence-corrected chi connectivity index (χ2v) is 5.38. The average molecular weight is 294 g/mol. The molecule has 0 fully saturated rings. The minimum Gasteiger partial charge on any atom is -0.338 e. The van der Waals surface area contributed by atoms with Crippen LogP contribution in [0.1, 0.15) is 22.3 Å². The summed E-state index contributed by atoms with van der Waals surface area (Å²) >= 11 is 0. The van der Waals surface area contributed by atoms with E-state index in [4.69, 9.17) is 0 Å². The third-order valence-electron chi connectivity index (χ3n) is 3.39. The highest BCUT2D eigenvalue weighted by Gasteiger charge is 1.97. The summed E-state index contributed by atoms with van der Waals surface area (Å²) in [6.07, 6.45) is 4.36. The Labute approximate surface area is 132 Å². The number of hydrogen-bond acceptors (Lipinski definition) is 1. The Balaban J connectivity index is 1.69. The molecule has 2 aromatic carbocycles. The average Bonchev–Trinajstić information content (AvgIpc) is 2.51. The van der Waals surface area contributed by atoms with E-state index >= 15 is 0 Å². The number of nitrogens with one attached hydrogen (secondary N) is 2. The van der Waals surface area contributed by atoms with Crippen LogP contribution < -0.4 is 10.6 Å². The molecule has 0 aliphatic carbocycles. The Bertz CT molecular complexity index is 627. The lowest BCUT2D eigenvalue weighted by atomic mass is 10.1. The molecule has 0 spiro atoms. The first-order valence-electron chi connectivity index (χ1n) is 7.46. The molecular formula is C19H22N2O. The molecule has 2 aromatic rings. The van der Waals surface area contributed by atoms with Gasteiger partial charge in [0.15, 0.2) is 0 Å². The molecule has 0 bridgehead atoms. The van der Waals surface area contributed by atoms with Crippen molar-refractivity contribution in [1.29, 1.82) is 0 Å². The zero-order valence-corrected chi connectivity index (χ0v) is 13.1. The van der Waals surface area contributed by atoms with Crippen molar-refractivity contribution in [2.24, 2.45) is 0 Å². The molecule has 114 valence electrons. The smallest absolute Gasteiger partial charge is 0.318 e. The molecule has 0 saturated carbocycles.